The van der Waals surface area contributed by atoms with E-state index in [0.717, 1.165) is 16.4 Å². The molecular formula is C16H23F2N3O3S. The Morgan fingerprint density at radius 3 is 2.20 bits per heavy atom. The first-order valence-electron chi connectivity index (χ1n) is 7.94. The third-order valence-corrected chi connectivity index (χ3v) is 6.19. The molecule has 0 aromatic heterocycles. The maximum Gasteiger partial charge on any atom is 0.246 e. The highest BCUT2D eigenvalue weighted by atomic mass is 32.2. The van der Waals surface area contributed by atoms with Crippen LogP contribution in [-0.4, -0.2) is 55.8 Å². The summed E-state index contributed by atoms with van der Waals surface area (Å²) < 4.78 is 52.9. The topological polar surface area (TPSA) is 83.7 Å². The van der Waals surface area contributed by atoms with Crippen LogP contribution in [0.2, 0.25) is 0 Å². The quantitative estimate of drug-likeness (QED) is 0.860. The molecule has 9 heteroatoms. The van der Waals surface area contributed by atoms with Crippen LogP contribution < -0.4 is 5.73 Å². The number of benzene rings is 1. The van der Waals surface area contributed by atoms with Gasteiger partial charge < -0.3 is 10.6 Å². The van der Waals surface area contributed by atoms with Gasteiger partial charge in [-0.3, -0.25) is 4.79 Å². The molecule has 25 heavy (non-hydrogen) atoms. The molecule has 1 aromatic carbocycles. The molecule has 6 nitrogen and oxygen atoms in total. The van der Waals surface area contributed by atoms with E-state index in [1.54, 1.807) is 0 Å². The van der Waals surface area contributed by atoms with Crippen LogP contribution in [0.3, 0.4) is 0 Å². The molecule has 1 aliphatic heterocycles. The van der Waals surface area contributed by atoms with Crippen molar-refractivity contribution >= 4 is 15.9 Å². The maximum atomic E-state index is 13.8. The van der Waals surface area contributed by atoms with Crippen LogP contribution in [0.5, 0.6) is 0 Å². The van der Waals surface area contributed by atoms with Crippen LogP contribution in [-0.2, 0) is 14.8 Å². The highest BCUT2D eigenvalue weighted by molar-refractivity contribution is 7.89. The molecule has 1 aromatic rings. The molecule has 1 saturated heterocycles. The summed E-state index contributed by atoms with van der Waals surface area (Å²) in [5.41, 5.74) is 5.56. The first kappa shape index (κ1) is 19.7. The van der Waals surface area contributed by atoms with Crippen LogP contribution in [0.4, 0.5) is 8.78 Å². The van der Waals surface area contributed by atoms with E-state index in [1.807, 2.05) is 20.8 Å². The van der Waals surface area contributed by atoms with Gasteiger partial charge in [0.15, 0.2) is 0 Å². The van der Waals surface area contributed by atoms with Crippen molar-refractivity contribution in [2.24, 2.45) is 11.1 Å². The van der Waals surface area contributed by atoms with Crippen molar-refractivity contribution in [3.63, 3.8) is 0 Å². The van der Waals surface area contributed by atoms with E-state index < -0.39 is 38.0 Å². The first-order valence-corrected chi connectivity index (χ1v) is 9.38. The number of hydrogen-bond donors (Lipinski definition) is 1. The lowest BCUT2D eigenvalue weighted by Gasteiger charge is -2.37. The molecular weight excluding hydrogens is 352 g/mol. The zero-order chi connectivity index (χ0) is 19.0. The van der Waals surface area contributed by atoms with E-state index in [1.165, 1.54) is 4.90 Å². The van der Waals surface area contributed by atoms with Gasteiger partial charge in [-0.25, -0.2) is 17.2 Å². The molecule has 2 N–H and O–H groups in total. The van der Waals surface area contributed by atoms with Crippen molar-refractivity contribution in [2.45, 2.75) is 31.7 Å². The summed E-state index contributed by atoms with van der Waals surface area (Å²) in [6, 6.07) is 1.66. The molecule has 0 bridgehead atoms. The second-order valence-electron chi connectivity index (χ2n) is 7.15. The molecule has 2 rings (SSSR count). The zero-order valence-electron chi connectivity index (χ0n) is 14.5. The van der Waals surface area contributed by atoms with Crippen molar-refractivity contribution in [1.29, 1.82) is 0 Å². The second-order valence-corrected chi connectivity index (χ2v) is 9.05. The number of sulfonamides is 1. The number of nitrogens with two attached hydrogens (primary N) is 1. The number of nitrogens with zero attached hydrogens (tertiary/aromatic N) is 2. The fourth-order valence-electron chi connectivity index (χ4n) is 2.54. The summed E-state index contributed by atoms with van der Waals surface area (Å²) in [6.45, 7) is 5.97. The molecule has 1 fully saturated rings. The lowest BCUT2D eigenvalue weighted by atomic mass is 9.86. The monoisotopic (exact) mass is 375 g/mol. The molecule has 0 aliphatic carbocycles. The van der Waals surface area contributed by atoms with E-state index in [9.17, 15) is 22.0 Å². The van der Waals surface area contributed by atoms with Crippen LogP contribution in [0.25, 0.3) is 0 Å². The summed E-state index contributed by atoms with van der Waals surface area (Å²) in [7, 11) is -4.08. The van der Waals surface area contributed by atoms with Gasteiger partial charge in [-0.2, -0.15) is 4.31 Å². The molecule has 0 saturated carbocycles. The third-order valence-electron chi connectivity index (χ3n) is 4.26. The average molecular weight is 375 g/mol. The molecule has 140 valence electrons. The highest BCUT2D eigenvalue weighted by Gasteiger charge is 2.36. The predicted octanol–water partition coefficient (Wildman–Crippen LogP) is 1.17. The molecule has 0 spiro atoms. The lowest BCUT2D eigenvalue weighted by Crippen LogP contribution is -2.56. The summed E-state index contributed by atoms with van der Waals surface area (Å²) >= 11 is 0. The summed E-state index contributed by atoms with van der Waals surface area (Å²) in [5, 5.41) is 0. The first-order chi connectivity index (χ1) is 11.4. The fraction of sp³-hybridized carbons (Fsp3) is 0.562. The van der Waals surface area contributed by atoms with Crippen LogP contribution in [0.1, 0.15) is 20.8 Å². The van der Waals surface area contributed by atoms with E-state index in [0.29, 0.717) is 6.07 Å². The number of carbonyl (C=O) groups is 1. The van der Waals surface area contributed by atoms with Crippen LogP contribution in [0.15, 0.2) is 23.1 Å². The van der Waals surface area contributed by atoms with Crippen molar-refractivity contribution in [1.82, 2.24) is 9.21 Å². The largest absolute Gasteiger partial charge is 0.339 e. The van der Waals surface area contributed by atoms with Gasteiger partial charge in [-0.1, -0.05) is 20.8 Å². The Bertz CT molecular complexity index is 754. The zero-order valence-corrected chi connectivity index (χ0v) is 15.3. The Hall–Kier alpha value is -1.58. The Labute approximate surface area is 146 Å². The fourth-order valence-corrected chi connectivity index (χ4v) is 4.01. The smallest absolute Gasteiger partial charge is 0.246 e. The van der Waals surface area contributed by atoms with Crippen molar-refractivity contribution in [2.75, 3.05) is 26.2 Å². The standard InChI is InChI=1S/C16H23F2N3O3S/c1-16(2,3)14(19)15(22)20-6-8-21(9-7-20)25(23,24)13-5-4-11(17)10-12(13)18/h4-5,10,14H,6-9,19H2,1-3H3/t14-/m1/s1. The minimum Gasteiger partial charge on any atom is -0.339 e. The predicted molar refractivity (Wildman–Crippen MR) is 89.1 cm³/mol. The van der Waals surface area contributed by atoms with Gasteiger partial charge in [0.05, 0.1) is 6.04 Å². The Kier molecular flexibility index (Phi) is 5.50. The molecule has 0 radical (unpaired) electrons. The number of hydrogen-bond acceptors (Lipinski definition) is 4. The third kappa shape index (κ3) is 4.16. The SMILES string of the molecule is CC(C)(C)[C@H](N)C(=O)N1CCN(S(=O)(=O)c2ccc(F)cc2F)CC1. The minimum absolute atomic E-state index is 0.0295. The van der Waals surface area contributed by atoms with Crippen LogP contribution >= 0.6 is 0 Å². The van der Waals surface area contributed by atoms with Gasteiger partial charge in [0.1, 0.15) is 16.5 Å². The van der Waals surface area contributed by atoms with Crippen molar-refractivity contribution in [3.8, 4) is 0 Å². The van der Waals surface area contributed by atoms with E-state index in [4.69, 9.17) is 5.73 Å². The lowest BCUT2D eigenvalue weighted by molar-refractivity contribution is -0.136. The average Bonchev–Trinajstić information content (AvgIpc) is 2.52. The number of piperazine rings is 1. The van der Waals surface area contributed by atoms with E-state index in [-0.39, 0.29) is 32.1 Å². The second kappa shape index (κ2) is 6.97. The van der Waals surface area contributed by atoms with Gasteiger partial charge in [-0.15, -0.1) is 0 Å². The van der Waals surface area contributed by atoms with Gasteiger partial charge in [-0.05, 0) is 17.5 Å². The van der Waals surface area contributed by atoms with Crippen molar-refractivity contribution < 1.29 is 22.0 Å². The molecule has 0 unspecified atom stereocenters. The van der Waals surface area contributed by atoms with Crippen LogP contribution in [0, 0.1) is 17.0 Å². The molecule has 1 heterocycles. The van der Waals surface area contributed by atoms with Gasteiger partial charge in [0.2, 0.25) is 15.9 Å². The molecule has 1 aliphatic rings. The van der Waals surface area contributed by atoms with Gasteiger partial charge >= 0.3 is 0 Å². The van der Waals surface area contributed by atoms with Crippen molar-refractivity contribution in [3.05, 3.63) is 29.8 Å². The number of rotatable bonds is 3. The Morgan fingerprint density at radius 1 is 1.16 bits per heavy atom. The minimum atomic E-state index is -4.08. The number of halogens is 2. The Morgan fingerprint density at radius 2 is 1.72 bits per heavy atom. The number of amides is 1. The molecule has 1 atom stereocenters. The maximum absolute atomic E-state index is 13.8. The summed E-state index contributed by atoms with van der Waals surface area (Å²) in [4.78, 5) is 13.3. The highest BCUT2D eigenvalue weighted by Crippen LogP contribution is 2.23. The summed E-state index contributed by atoms with van der Waals surface area (Å²) in [5.74, 6) is -2.21. The number of carbonyl (C=O) groups excluding carboxylic acids is 1. The summed E-state index contributed by atoms with van der Waals surface area (Å²) in [6.07, 6.45) is 0. The van der Waals surface area contributed by atoms with Gasteiger partial charge in [0, 0.05) is 32.2 Å². The van der Waals surface area contributed by atoms with E-state index in [2.05, 4.69) is 0 Å². The molecule has 1 amide bonds. The Balaban J connectivity index is 2.10. The van der Waals surface area contributed by atoms with Gasteiger partial charge in [0.25, 0.3) is 0 Å². The van der Waals surface area contributed by atoms with E-state index >= 15 is 0 Å². The normalized spacial score (nSPS) is 18.2.